The normalized spacial score (nSPS) is 15.2. The fourth-order valence-electron chi connectivity index (χ4n) is 9.72. The van der Waals surface area contributed by atoms with Crippen LogP contribution in [0.1, 0.15) is 22.3 Å². The Hall–Kier alpha value is -7.87. The van der Waals surface area contributed by atoms with Gasteiger partial charge in [-0.25, -0.2) is 9.97 Å². The maximum atomic E-state index is 7.13. The minimum absolute atomic E-state index is 0.687. The summed E-state index contributed by atoms with van der Waals surface area (Å²) < 4.78 is 7.13. The molecule has 13 rings (SSSR count). The SMILES string of the molecule is c1ccc(-c2nc(-c3ccc(-c4cnc5c(c4)C4(c6ccccc6Oc6c4ccc4c6Sc6ccccc6N4c4ccccc4)c4cccnc4-5)cc3)nc3ccccc23)cc1. The van der Waals surface area contributed by atoms with E-state index in [1.165, 1.54) is 4.90 Å². The van der Waals surface area contributed by atoms with E-state index in [1.54, 1.807) is 11.8 Å². The zero-order chi connectivity index (χ0) is 40.8. The molecule has 2 aliphatic heterocycles. The molecule has 0 saturated heterocycles. The van der Waals surface area contributed by atoms with Gasteiger partial charge in [0.2, 0.25) is 0 Å². The number of ether oxygens (including phenoxy) is 1. The van der Waals surface area contributed by atoms with Crippen molar-refractivity contribution in [1.29, 1.82) is 0 Å². The second-order valence-corrected chi connectivity index (χ2v) is 16.8. The molecule has 0 fully saturated rings. The highest BCUT2D eigenvalue weighted by Crippen LogP contribution is 2.65. The summed E-state index contributed by atoms with van der Waals surface area (Å²) in [6, 6.07) is 65.9. The molecule has 0 amide bonds. The second-order valence-electron chi connectivity index (χ2n) is 15.8. The van der Waals surface area contributed by atoms with E-state index in [1.807, 2.05) is 48.8 Å². The Balaban J connectivity index is 0.984. The molecule has 3 aromatic heterocycles. The van der Waals surface area contributed by atoms with Gasteiger partial charge in [-0.05, 0) is 65.7 Å². The van der Waals surface area contributed by atoms with Crippen molar-refractivity contribution >= 4 is 39.7 Å². The van der Waals surface area contributed by atoms with E-state index in [4.69, 9.17) is 24.7 Å². The van der Waals surface area contributed by atoms with Crippen molar-refractivity contribution in [3.63, 3.8) is 0 Å². The van der Waals surface area contributed by atoms with Gasteiger partial charge in [-0.15, -0.1) is 0 Å². The van der Waals surface area contributed by atoms with Crippen LogP contribution in [-0.2, 0) is 5.41 Å². The third-order valence-electron chi connectivity index (χ3n) is 12.4. The minimum Gasteiger partial charge on any atom is -0.455 e. The smallest absolute Gasteiger partial charge is 0.160 e. The minimum atomic E-state index is -0.747. The van der Waals surface area contributed by atoms with Crippen LogP contribution in [0.25, 0.3) is 56.1 Å². The number of anilines is 3. The van der Waals surface area contributed by atoms with Crippen molar-refractivity contribution < 1.29 is 4.74 Å². The van der Waals surface area contributed by atoms with Crippen LogP contribution in [0.2, 0.25) is 0 Å². The number of rotatable bonds is 4. The molecule has 62 heavy (non-hydrogen) atoms. The standard InChI is InChI=1S/C55H33N5OS/c1-3-14-35(15-4-1)49-39-18-7-9-21-44(39)58-54(59-49)36-27-25-34(26-28-36)37-32-43-51(57-33-37)50-41(20-13-31-56-50)55(43)40-19-8-11-23-47(40)61-52-42(55)29-30-46-53(52)62-48-24-12-10-22-45(48)60(46)38-16-5-2-6-17-38/h1-33H. The van der Waals surface area contributed by atoms with Gasteiger partial charge in [0, 0.05) is 61.7 Å². The van der Waals surface area contributed by atoms with Gasteiger partial charge >= 0.3 is 0 Å². The molecule has 290 valence electrons. The third-order valence-corrected chi connectivity index (χ3v) is 13.6. The monoisotopic (exact) mass is 811 g/mol. The average Bonchev–Trinajstić information content (AvgIpc) is 3.63. The van der Waals surface area contributed by atoms with Crippen LogP contribution >= 0.6 is 11.8 Å². The van der Waals surface area contributed by atoms with Crippen LogP contribution in [0.15, 0.2) is 210 Å². The molecule has 6 nitrogen and oxygen atoms in total. The summed E-state index contributed by atoms with van der Waals surface area (Å²) in [5.41, 5.74) is 14.5. The van der Waals surface area contributed by atoms with Crippen LogP contribution in [0.4, 0.5) is 17.1 Å². The highest BCUT2D eigenvalue weighted by molar-refractivity contribution is 7.99. The Bertz CT molecular complexity index is 3430. The molecule has 1 spiro atoms. The molecule has 7 heteroatoms. The van der Waals surface area contributed by atoms with E-state index < -0.39 is 5.41 Å². The largest absolute Gasteiger partial charge is 0.455 e. The molecule has 3 aliphatic rings. The van der Waals surface area contributed by atoms with E-state index in [0.29, 0.717) is 5.82 Å². The molecular formula is C55H33N5OS. The van der Waals surface area contributed by atoms with Crippen LogP contribution in [-0.4, -0.2) is 19.9 Å². The van der Waals surface area contributed by atoms with Crippen molar-refractivity contribution in [1.82, 2.24) is 19.9 Å². The van der Waals surface area contributed by atoms with E-state index >= 15 is 0 Å². The second kappa shape index (κ2) is 13.6. The molecule has 0 radical (unpaired) electrons. The van der Waals surface area contributed by atoms with Crippen molar-refractivity contribution in [3.05, 3.63) is 223 Å². The van der Waals surface area contributed by atoms with Gasteiger partial charge in [-0.2, -0.15) is 0 Å². The summed E-state index contributed by atoms with van der Waals surface area (Å²) in [5, 5.41) is 1.03. The van der Waals surface area contributed by atoms with Gasteiger partial charge in [0.15, 0.2) is 5.82 Å². The molecule has 1 unspecified atom stereocenters. The Morgan fingerprint density at radius 3 is 2.10 bits per heavy atom. The molecule has 1 atom stereocenters. The van der Waals surface area contributed by atoms with Gasteiger partial charge in [0.25, 0.3) is 0 Å². The number of hydrogen-bond acceptors (Lipinski definition) is 7. The first-order valence-electron chi connectivity index (χ1n) is 20.7. The first-order chi connectivity index (χ1) is 30.7. The number of nitrogens with zero attached hydrogens (tertiary/aromatic N) is 5. The van der Waals surface area contributed by atoms with Gasteiger partial charge < -0.3 is 9.64 Å². The van der Waals surface area contributed by atoms with E-state index in [0.717, 1.165) is 106 Å². The fourth-order valence-corrected chi connectivity index (χ4v) is 10.9. The molecule has 0 bridgehead atoms. The van der Waals surface area contributed by atoms with Gasteiger partial charge in [-0.3, -0.25) is 9.97 Å². The molecular weight excluding hydrogens is 779 g/mol. The molecule has 5 heterocycles. The molecule has 1 aliphatic carbocycles. The highest BCUT2D eigenvalue weighted by Gasteiger charge is 2.53. The number of para-hydroxylation sites is 4. The van der Waals surface area contributed by atoms with Crippen molar-refractivity contribution in [2.45, 2.75) is 15.2 Å². The summed E-state index contributed by atoms with van der Waals surface area (Å²) in [5.74, 6) is 2.36. The lowest BCUT2D eigenvalue weighted by Crippen LogP contribution is -2.33. The van der Waals surface area contributed by atoms with Crippen LogP contribution in [0.3, 0.4) is 0 Å². The predicted molar refractivity (Wildman–Crippen MR) is 248 cm³/mol. The van der Waals surface area contributed by atoms with Crippen molar-refractivity contribution in [2.75, 3.05) is 4.90 Å². The van der Waals surface area contributed by atoms with Crippen LogP contribution in [0.5, 0.6) is 11.5 Å². The summed E-state index contributed by atoms with van der Waals surface area (Å²) >= 11 is 1.77. The predicted octanol–water partition coefficient (Wildman–Crippen LogP) is 13.8. The molecule has 0 saturated carbocycles. The first kappa shape index (κ1) is 34.9. The average molecular weight is 812 g/mol. The fraction of sp³-hybridized carbons (Fsp3) is 0.0182. The summed E-state index contributed by atoms with van der Waals surface area (Å²) in [6.45, 7) is 0. The first-order valence-corrected chi connectivity index (χ1v) is 21.5. The lowest BCUT2D eigenvalue weighted by molar-refractivity contribution is 0.426. The Morgan fingerprint density at radius 2 is 1.21 bits per heavy atom. The van der Waals surface area contributed by atoms with Gasteiger partial charge in [0.05, 0.1) is 44.3 Å². The van der Waals surface area contributed by atoms with E-state index in [-0.39, 0.29) is 0 Å². The lowest BCUT2D eigenvalue weighted by atomic mass is 9.66. The quantitative estimate of drug-likeness (QED) is 0.175. The van der Waals surface area contributed by atoms with Crippen molar-refractivity contribution in [3.8, 4) is 56.7 Å². The number of aromatic nitrogens is 4. The van der Waals surface area contributed by atoms with E-state index in [2.05, 4.69) is 157 Å². The zero-order valence-electron chi connectivity index (χ0n) is 33.1. The maximum Gasteiger partial charge on any atom is 0.160 e. The Labute approximate surface area is 362 Å². The number of fused-ring (bicyclic) bond motifs is 13. The molecule has 0 N–H and O–H groups in total. The number of benzene rings is 7. The highest BCUT2D eigenvalue weighted by atomic mass is 32.2. The van der Waals surface area contributed by atoms with Crippen LogP contribution in [0, 0.1) is 0 Å². The summed E-state index contributed by atoms with van der Waals surface area (Å²) in [7, 11) is 0. The Morgan fingerprint density at radius 1 is 0.484 bits per heavy atom. The summed E-state index contributed by atoms with van der Waals surface area (Å²) in [6.07, 6.45) is 3.85. The number of pyridine rings is 2. The third kappa shape index (κ3) is 5.06. The zero-order valence-corrected chi connectivity index (χ0v) is 33.9. The lowest BCUT2D eigenvalue weighted by Gasteiger charge is -2.41. The van der Waals surface area contributed by atoms with Gasteiger partial charge in [0.1, 0.15) is 11.5 Å². The molecule has 7 aromatic carbocycles. The molecule has 10 aromatic rings. The van der Waals surface area contributed by atoms with Crippen LogP contribution < -0.4 is 9.64 Å². The topological polar surface area (TPSA) is 64.0 Å². The van der Waals surface area contributed by atoms with E-state index in [9.17, 15) is 0 Å². The number of hydrogen-bond donors (Lipinski definition) is 0. The van der Waals surface area contributed by atoms with Crippen molar-refractivity contribution in [2.24, 2.45) is 0 Å². The van der Waals surface area contributed by atoms with Gasteiger partial charge in [-0.1, -0.05) is 145 Å². The maximum absolute atomic E-state index is 7.13. The Kier molecular flexibility index (Phi) is 7.65. The summed E-state index contributed by atoms with van der Waals surface area (Å²) in [4.78, 5) is 25.0.